The number of hydrogen-bond donors (Lipinski definition) is 2. The van der Waals surface area contributed by atoms with E-state index in [2.05, 4.69) is 31.3 Å². The van der Waals surface area contributed by atoms with Gasteiger partial charge >= 0.3 is 12.0 Å². The van der Waals surface area contributed by atoms with Crippen molar-refractivity contribution in [3.05, 3.63) is 28.2 Å². The molecule has 0 atom stereocenters. The average Bonchev–Trinajstić information content (AvgIpc) is 2.44. The van der Waals surface area contributed by atoms with Crippen molar-refractivity contribution in [2.24, 2.45) is 0 Å². The third-order valence-electron chi connectivity index (χ3n) is 2.19. The van der Waals surface area contributed by atoms with E-state index in [1.807, 2.05) is 0 Å². The van der Waals surface area contributed by atoms with Crippen LogP contribution in [0.4, 0.5) is 4.79 Å². The molecular formula is C12H13BrN2O5. The van der Waals surface area contributed by atoms with Crippen molar-refractivity contribution in [1.82, 2.24) is 10.6 Å². The van der Waals surface area contributed by atoms with Gasteiger partial charge in [-0.3, -0.25) is 10.1 Å². The number of methoxy groups -OCH3 is 1. The van der Waals surface area contributed by atoms with E-state index in [-0.39, 0.29) is 6.61 Å². The fourth-order valence-electron chi connectivity index (χ4n) is 1.23. The van der Waals surface area contributed by atoms with Gasteiger partial charge in [0.1, 0.15) is 5.75 Å². The predicted molar refractivity (Wildman–Crippen MR) is 73.6 cm³/mol. The maximum absolute atomic E-state index is 11.3. The molecule has 0 radical (unpaired) electrons. The summed E-state index contributed by atoms with van der Waals surface area (Å²) in [4.78, 5) is 33.5. The monoisotopic (exact) mass is 344 g/mol. The SMILES string of the molecule is CNC(=O)NC(=O)COc1ccc(C(=O)OC)cc1Br. The van der Waals surface area contributed by atoms with Crippen LogP contribution in [0.15, 0.2) is 22.7 Å². The fourth-order valence-corrected chi connectivity index (χ4v) is 1.72. The largest absolute Gasteiger partial charge is 0.483 e. The highest BCUT2D eigenvalue weighted by atomic mass is 79.9. The number of esters is 1. The summed E-state index contributed by atoms with van der Waals surface area (Å²) in [6, 6.07) is 3.92. The zero-order chi connectivity index (χ0) is 15.1. The summed E-state index contributed by atoms with van der Waals surface area (Å²) >= 11 is 3.22. The van der Waals surface area contributed by atoms with Crippen LogP contribution in [0.3, 0.4) is 0 Å². The molecule has 2 N–H and O–H groups in total. The van der Waals surface area contributed by atoms with E-state index in [0.717, 1.165) is 0 Å². The summed E-state index contributed by atoms with van der Waals surface area (Å²) in [6.45, 7) is -0.330. The lowest BCUT2D eigenvalue weighted by atomic mass is 10.2. The zero-order valence-electron chi connectivity index (χ0n) is 10.9. The normalized spacial score (nSPS) is 9.55. The number of urea groups is 1. The topological polar surface area (TPSA) is 93.7 Å². The molecule has 20 heavy (non-hydrogen) atoms. The summed E-state index contributed by atoms with van der Waals surface area (Å²) in [7, 11) is 2.68. The van der Waals surface area contributed by atoms with Crippen molar-refractivity contribution in [3.63, 3.8) is 0 Å². The number of imide groups is 1. The molecule has 108 valence electrons. The first-order valence-corrected chi connectivity index (χ1v) is 6.29. The molecule has 0 unspecified atom stereocenters. The first-order chi connectivity index (χ1) is 9.47. The zero-order valence-corrected chi connectivity index (χ0v) is 12.4. The van der Waals surface area contributed by atoms with E-state index in [1.165, 1.54) is 32.4 Å². The van der Waals surface area contributed by atoms with Crippen molar-refractivity contribution in [2.75, 3.05) is 20.8 Å². The lowest BCUT2D eigenvalue weighted by Crippen LogP contribution is -2.39. The Morgan fingerprint density at radius 3 is 2.55 bits per heavy atom. The Kier molecular flexibility index (Phi) is 5.98. The van der Waals surface area contributed by atoms with E-state index >= 15 is 0 Å². The summed E-state index contributed by atoms with van der Waals surface area (Å²) in [5, 5.41) is 4.30. The van der Waals surface area contributed by atoms with Gasteiger partial charge in [0.2, 0.25) is 0 Å². The van der Waals surface area contributed by atoms with Crippen LogP contribution in [0.2, 0.25) is 0 Å². The number of rotatable bonds is 4. The molecule has 0 aliphatic carbocycles. The summed E-state index contributed by atoms with van der Waals surface area (Å²) < 4.78 is 10.3. The highest BCUT2D eigenvalue weighted by Crippen LogP contribution is 2.26. The lowest BCUT2D eigenvalue weighted by Gasteiger charge is -2.09. The number of hydrogen-bond acceptors (Lipinski definition) is 5. The first-order valence-electron chi connectivity index (χ1n) is 5.50. The molecule has 0 fully saturated rings. The molecule has 0 bridgehead atoms. The van der Waals surface area contributed by atoms with Crippen LogP contribution in [0, 0.1) is 0 Å². The maximum atomic E-state index is 11.3. The molecule has 1 aromatic carbocycles. The van der Waals surface area contributed by atoms with E-state index in [1.54, 1.807) is 0 Å². The minimum absolute atomic E-state index is 0.330. The van der Waals surface area contributed by atoms with Crippen molar-refractivity contribution < 1.29 is 23.9 Å². The highest BCUT2D eigenvalue weighted by molar-refractivity contribution is 9.10. The van der Waals surface area contributed by atoms with Gasteiger partial charge in [0.15, 0.2) is 6.61 Å². The van der Waals surface area contributed by atoms with Crippen LogP contribution in [0.1, 0.15) is 10.4 Å². The number of ether oxygens (including phenoxy) is 2. The number of halogens is 1. The standard InChI is InChI=1S/C12H13BrN2O5/c1-14-12(18)15-10(16)6-20-9-4-3-7(5-8(9)13)11(17)19-2/h3-5H,6H2,1-2H3,(H2,14,15,16,18). The minimum atomic E-state index is -0.612. The summed E-state index contributed by atoms with van der Waals surface area (Å²) in [5.41, 5.74) is 0.349. The van der Waals surface area contributed by atoms with E-state index in [4.69, 9.17) is 4.74 Å². The van der Waals surface area contributed by atoms with E-state index in [9.17, 15) is 14.4 Å². The van der Waals surface area contributed by atoms with Crippen LogP contribution < -0.4 is 15.4 Å². The molecule has 7 nitrogen and oxygen atoms in total. The number of nitrogens with one attached hydrogen (secondary N) is 2. The van der Waals surface area contributed by atoms with Gasteiger partial charge in [-0.1, -0.05) is 0 Å². The van der Waals surface area contributed by atoms with E-state index < -0.39 is 17.9 Å². The molecule has 1 aromatic rings. The Bertz CT molecular complexity index is 533. The molecule has 1 rings (SSSR count). The third kappa shape index (κ3) is 4.54. The maximum Gasteiger partial charge on any atom is 0.337 e. The van der Waals surface area contributed by atoms with Crippen molar-refractivity contribution >= 4 is 33.8 Å². The van der Waals surface area contributed by atoms with Gasteiger partial charge in [0.05, 0.1) is 17.1 Å². The molecular weight excluding hydrogens is 332 g/mol. The minimum Gasteiger partial charge on any atom is -0.483 e. The number of carbonyl (C=O) groups excluding carboxylic acids is 3. The third-order valence-corrected chi connectivity index (χ3v) is 2.81. The van der Waals surface area contributed by atoms with Gasteiger partial charge in [-0.15, -0.1) is 0 Å². The molecule has 0 saturated carbocycles. The van der Waals surface area contributed by atoms with Crippen molar-refractivity contribution in [1.29, 1.82) is 0 Å². The Morgan fingerprint density at radius 2 is 2.00 bits per heavy atom. The number of amides is 3. The Hall–Kier alpha value is -2.09. The Morgan fingerprint density at radius 1 is 1.30 bits per heavy atom. The smallest absolute Gasteiger partial charge is 0.337 e. The second kappa shape index (κ2) is 7.49. The van der Waals surface area contributed by atoms with Crippen LogP contribution in [-0.2, 0) is 9.53 Å². The quantitative estimate of drug-likeness (QED) is 0.797. The van der Waals surface area contributed by atoms with Gasteiger partial charge in [-0.25, -0.2) is 9.59 Å². The van der Waals surface area contributed by atoms with Crippen molar-refractivity contribution in [2.45, 2.75) is 0 Å². The van der Waals surface area contributed by atoms with Crippen LogP contribution in [-0.4, -0.2) is 38.7 Å². The van der Waals surface area contributed by atoms with Gasteiger partial charge in [-0.2, -0.15) is 0 Å². The second-order valence-electron chi connectivity index (χ2n) is 3.55. The van der Waals surface area contributed by atoms with Crippen LogP contribution in [0.5, 0.6) is 5.75 Å². The van der Waals surface area contributed by atoms with Gasteiger partial charge < -0.3 is 14.8 Å². The molecule has 0 aromatic heterocycles. The highest BCUT2D eigenvalue weighted by Gasteiger charge is 2.11. The number of carbonyl (C=O) groups is 3. The average molecular weight is 345 g/mol. The molecule has 3 amide bonds. The summed E-state index contributed by atoms with van der Waals surface area (Å²) in [5.74, 6) is -0.701. The Labute approximate surface area is 123 Å². The molecule has 8 heteroatoms. The van der Waals surface area contributed by atoms with Gasteiger partial charge in [-0.05, 0) is 34.1 Å². The molecule has 0 heterocycles. The molecule has 0 aliphatic heterocycles. The molecule has 0 saturated heterocycles. The van der Waals surface area contributed by atoms with Gasteiger partial charge in [0.25, 0.3) is 5.91 Å². The van der Waals surface area contributed by atoms with Crippen LogP contribution in [0.25, 0.3) is 0 Å². The van der Waals surface area contributed by atoms with E-state index in [0.29, 0.717) is 15.8 Å². The summed E-state index contributed by atoms with van der Waals surface area (Å²) in [6.07, 6.45) is 0. The van der Waals surface area contributed by atoms with Crippen molar-refractivity contribution in [3.8, 4) is 5.75 Å². The van der Waals surface area contributed by atoms with Gasteiger partial charge in [0, 0.05) is 7.05 Å². The first kappa shape index (κ1) is 16.0. The second-order valence-corrected chi connectivity index (χ2v) is 4.41. The Balaban J connectivity index is 2.63. The predicted octanol–water partition coefficient (Wildman–Crippen LogP) is 1.07. The van der Waals surface area contributed by atoms with Crippen LogP contribution >= 0.6 is 15.9 Å². The molecule has 0 spiro atoms. The number of benzene rings is 1. The lowest BCUT2D eigenvalue weighted by molar-refractivity contribution is -0.122. The fraction of sp³-hybridized carbons (Fsp3) is 0.250. The molecule has 0 aliphatic rings.